The average Bonchev–Trinajstić information content (AvgIpc) is 3.30. The first-order chi connectivity index (χ1) is 13.6. The number of carbonyl (C=O) groups excluding carboxylic acids is 2. The first-order valence-corrected chi connectivity index (χ1v) is 10.1. The number of piperazine rings is 1. The lowest BCUT2D eigenvalue weighted by Gasteiger charge is -2.34. The molecule has 0 bridgehead atoms. The van der Waals surface area contributed by atoms with Gasteiger partial charge >= 0.3 is 6.03 Å². The third kappa shape index (κ3) is 4.01. The first kappa shape index (κ1) is 18.5. The molecule has 0 spiro atoms. The van der Waals surface area contributed by atoms with E-state index in [2.05, 4.69) is 19.6 Å². The summed E-state index contributed by atoms with van der Waals surface area (Å²) in [5.74, 6) is 0.264. The first-order valence-electron chi connectivity index (χ1n) is 9.32. The number of nitrogens with one attached hydrogen (secondary N) is 1. The summed E-state index contributed by atoms with van der Waals surface area (Å²) in [6, 6.07) is 9.26. The van der Waals surface area contributed by atoms with Crippen LogP contribution >= 0.6 is 11.5 Å². The molecule has 3 N–H and O–H groups in total. The smallest absolute Gasteiger partial charge is 0.318 e. The van der Waals surface area contributed by atoms with Crippen LogP contribution in [0.4, 0.5) is 15.9 Å². The fourth-order valence-corrected chi connectivity index (χ4v) is 4.18. The zero-order chi connectivity index (χ0) is 19.5. The number of urea groups is 1. The van der Waals surface area contributed by atoms with Crippen LogP contribution in [0.3, 0.4) is 0 Å². The van der Waals surface area contributed by atoms with E-state index in [4.69, 9.17) is 5.73 Å². The van der Waals surface area contributed by atoms with Gasteiger partial charge in [0.2, 0.25) is 17.0 Å². The Morgan fingerprint density at radius 3 is 2.61 bits per heavy atom. The average molecular weight is 401 g/mol. The van der Waals surface area contributed by atoms with E-state index in [9.17, 15) is 9.59 Å². The molecule has 3 amide bonds. The molecule has 28 heavy (non-hydrogen) atoms. The maximum atomic E-state index is 12.6. The molecule has 2 saturated heterocycles. The van der Waals surface area contributed by atoms with Crippen LogP contribution in [-0.4, -0.2) is 69.9 Å². The Bertz CT molecular complexity index is 835. The van der Waals surface area contributed by atoms with Gasteiger partial charge in [-0.3, -0.25) is 4.79 Å². The highest BCUT2D eigenvalue weighted by molar-refractivity contribution is 7.09. The minimum absolute atomic E-state index is 0.0137. The third-order valence-corrected chi connectivity index (χ3v) is 5.87. The molecule has 10 heteroatoms. The van der Waals surface area contributed by atoms with Gasteiger partial charge in [0.05, 0.1) is 0 Å². The Hall–Kier alpha value is -2.88. The third-order valence-electron chi connectivity index (χ3n) is 5.08. The van der Waals surface area contributed by atoms with Crippen LogP contribution in [0.5, 0.6) is 0 Å². The predicted octanol–water partition coefficient (Wildman–Crippen LogP) is 0.753. The molecule has 0 saturated carbocycles. The van der Waals surface area contributed by atoms with Gasteiger partial charge in [0.1, 0.15) is 6.04 Å². The summed E-state index contributed by atoms with van der Waals surface area (Å²) in [5, 5.41) is 3.68. The standard InChI is InChI=1S/C18H23N7O2S/c19-16-21-18(28-22-16)24-10-8-23(9-11-24)17(27)20-14-6-7-25(15(14)26)12-13-4-2-1-3-5-13/h1-5,14H,6-12H2,(H2,19,22)(H,20,27). The fourth-order valence-electron chi connectivity index (χ4n) is 3.53. The minimum Gasteiger partial charge on any atom is -0.367 e. The molecule has 148 valence electrons. The molecule has 2 fully saturated rings. The maximum Gasteiger partial charge on any atom is 0.318 e. The zero-order valence-corrected chi connectivity index (χ0v) is 16.3. The van der Waals surface area contributed by atoms with E-state index in [1.165, 1.54) is 11.5 Å². The van der Waals surface area contributed by atoms with Crippen LogP contribution in [0.1, 0.15) is 12.0 Å². The lowest BCUT2D eigenvalue weighted by molar-refractivity contribution is -0.129. The predicted molar refractivity (Wildman–Crippen MR) is 107 cm³/mol. The van der Waals surface area contributed by atoms with Gasteiger partial charge in [0.25, 0.3) is 0 Å². The molecule has 2 aliphatic heterocycles. The lowest BCUT2D eigenvalue weighted by Crippen LogP contribution is -2.54. The molecule has 4 rings (SSSR count). The highest BCUT2D eigenvalue weighted by atomic mass is 32.1. The van der Waals surface area contributed by atoms with Gasteiger partial charge in [-0.1, -0.05) is 30.3 Å². The SMILES string of the molecule is Nc1nsc(N2CCN(C(=O)NC3CCN(Cc4ccccc4)C3=O)CC2)n1. The summed E-state index contributed by atoms with van der Waals surface area (Å²) in [6.45, 7) is 3.71. The maximum absolute atomic E-state index is 12.6. The number of nitrogens with two attached hydrogens (primary N) is 1. The second kappa shape index (κ2) is 8.01. The number of nitrogen functional groups attached to an aromatic ring is 1. The number of amides is 3. The van der Waals surface area contributed by atoms with Crippen molar-refractivity contribution < 1.29 is 9.59 Å². The van der Waals surface area contributed by atoms with E-state index in [-0.39, 0.29) is 17.9 Å². The van der Waals surface area contributed by atoms with Crippen molar-refractivity contribution in [1.29, 1.82) is 0 Å². The second-order valence-corrected chi connectivity index (χ2v) is 7.68. The van der Waals surface area contributed by atoms with Gasteiger partial charge in [-0.25, -0.2) is 4.79 Å². The molecule has 1 aromatic carbocycles. The van der Waals surface area contributed by atoms with Gasteiger partial charge in [-0.2, -0.15) is 9.36 Å². The summed E-state index contributed by atoms with van der Waals surface area (Å²) in [6.07, 6.45) is 0.640. The molecule has 1 aromatic heterocycles. The molecule has 0 aliphatic carbocycles. The summed E-state index contributed by atoms with van der Waals surface area (Å²) in [4.78, 5) is 35.0. The van der Waals surface area contributed by atoms with Crippen LogP contribution in [0.25, 0.3) is 0 Å². The molecular formula is C18H23N7O2S. The monoisotopic (exact) mass is 401 g/mol. The summed E-state index contributed by atoms with van der Waals surface area (Å²) < 4.78 is 3.99. The van der Waals surface area contributed by atoms with Crippen molar-refractivity contribution in [1.82, 2.24) is 24.5 Å². The number of carbonyl (C=O) groups is 2. The van der Waals surface area contributed by atoms with Crippen LogP contribution in [0, 0.1) is 0 Å². The summed E-state index contributed by atoms with van der Waals surface area (Å²) >= 11 is 1.26. The Balaban J connectivity index is 1.27. The van der Waals surface area contributed by atoms with Gasteiger partial charge in [0.15, 0.2) is 0 Å². The number of rotatable bonds is 4. The van der Waals surface area contributed by atoms with Gasteiger partial charge in [-0.15, -0.1) is 0 Å². The Morgan fingerprint density at radius 1 is 1.18 bits per heavy atom. The van der Waals surface area contributed by atoms with Crippen molar-refractivity contribution in [2.75, 3.05) is 43.4 Å². The topological polar surface area (TPSA) is 108 Å². The van der Waals surface area contributed by atoms with Crippen LogP contribution in [0.15, 0.2) is 30.3 Å². The Morgan fingerprint density at radius 2 is 1.93 bits per heavy atom. The fraction of sp³-hybridized carbons (Fsp3) is 0.444. The Labute approximate surface area is 167 Å². The van der Waals surface area contributed by atoms with Crippen LogP contribution in [0.2, 0.25) is 0 Å². The zero-order valence-electron chi connectivity index (χ0n) is 15.5. The van der Waals surface area contributed by atoms with E-state index in [0.29, 0.717) is 45.7 Å². The molecule has 1 atom stereocenters. The Kier molecular flexibility index (Phi) is 5.29. The highest BCUT2D eigenvalue weighted by Crippen LogP contribution is 2.20. The van der Waals surface area contributed by atoms with E-state index < -0.39 is 6.04 Å². The van der Waals surface area contributed by atoms with Crippen molar-refractivity contribution in [2.45, 2.75) is 19.0 Å². The minimum atomic E-state index is -0.447. The molecule has 1 unspecified atom stereocenters. The number of nitrogens with zero attached hydrogens (tertiary/aromatic N) is 5. The van der Waals surface area contributed by atoms with Gasteiger partial charge in [0, 0.05) is 50.8 Å². The number of benzene rings is 1. The normalized spacial score (nSPS) is 19.9. The molecule has 3 heterocycles. The molecule has 9 nitrogen and oxygen atoms in total. The molecular weight excluding hydrogens is 378 g/mol. The molecule has 2 aromatic rings. The molecule has 2 aliphatic rings. The number of hydrogen-bond acceptors (Lipinski definition) is 7. The molecule has 0 radical (unpaired) electrons. The van der Waals surface area contributed by atoms with E-state index in [1.807, 2.05) is 30.3 Å². The van der Waals surface area contributed by atoms with Crippen molar-refractivity contribution in [2.24, 2.45) is 0 Å². The van der Waals surface area contributed by atoms with Gasteiger partial charge < -0.3 is 25.8 Å². The summed E-state index contributed by atoms with van der Waals surface area (Å²) in [5.41, 5.74) is 6.67. The van der Waals surface area contributed by atoms with E-state index >= 15 is 0 Å². The highest BCUT2D eigenvalue weighted by Gasteiger charge is 2.34. The number of likely N-dealkylation sites (tertiary alicyclic amines) is 1. The van der Waals surface area contributed by atoms with Crippen molar-refractivity contribution in [3.05, 3.63) is 35.9 Å². The van der Waals surface area contributed by atoms with E-state index in [1.54, 1.807) is 9.80 Å². The van der Waals surface area contributed by atoms with Crippen molar-refractivity contribution in [3.8, 4) is 0 Å². The van der Waals surface area contributed by atoms with Crippen LogP contribution < -0.4 is 16.0 Å². The lowest BCUT2D eigenvalue weighted by atomic mass is 10.2. The van der Waals surface area contributed by atoms with Crippen LogP contribution in [-0.2, 0) is 11.3 Å². The van der Waals surface area contributed by atoms with E-state index in [0.717, 1.165) is 10.7 Å². The van der Waals surface area contributed by atoms with Crippen molar-refractivity contribution in [3.63, 3.8) is 0 Å². The summed E-state index contributed by atoms with van der Waals surface area (Å²) in [7, 11) is 0. The number of hydrogen-bond donors (Lipinski definition) is 2. The number of anilines is 2. The quantitative estimate of drug-likeness (QED) is 0.783. The largest absolute Gasteiger partial charge is 0.367 e. The second-order valence-electron chi connectivity index (χ2n) is 6.95. The van der Waals surface area contributed by atoms with Gasteiger partial charge in [-0.05, 0) is 12.0 Å². The van der Waals surface area contributed by atoms with Crippen molar-refractivity contribution >= 4 is 34.6 Å². The number of aromatic nitrogens is 2.